The van der Waals surface area contributed by atoms with Crippen molar-refractivity contribution in [3.05, 3.63) is 47.9 Å². The van der Waals surface area contributed by atoms with Crippen LogP contribution >= 0.6 is 0 Å². The molecule has 0 aliphatic carbocycles. The number of likely N-dealkylation sites (tertiary alicyclic amines) is 1. The highest BCUT2D eigenvalue weighted by Gasteiger charge is 2.23. The molecule has 0 saturated carbocycles. The van der Waals surface area contributed by atoms with E-state index in [2.05, 4.69) is 33.1 Å². The maximum absolute atomic E-state index is 12.8. The highest BCUT2D eigenvalue weighted by atomic mass is 16.2. The summed E-state index contributed by atoms with van der Waals surface area (Å²) < 4.78 is 0. The number of carbonyl (C=O) groups excluding carboxylic acids is 1. The summed E-state index contributed by atoms with van der Waals surface area (Å²) in [5, 5.41) is 0. The van der Waals surface area contributed by atoms with Gasteiger partial charge in [0.2, 0.25) is 0 Å². The van der Waals surface area contributed by atoms with Crippen LogP contribution in [0.2, 0.25) is 0 Å². The van der Waals surface area contributed by atoms with Gasteiger partial charge in [0.1, 0.15) is 17.8 Å². The Bertz CT molecular complexity index is 738. The van der Waals surface area contributed by atoms with Gasteiger partial charge in [-0.3, -0.25) is 4.79 Å². The monoisotopic (exact) mass is 322 g/mol. The van der Waals surface area contributed by atoms with Crippen LogP contribution in [0.5, 0.6) is 0 Å². The number of nitrogens with zero attached hydrogens (tertiary/aromatic N) is 4. The first-order valence-corrected chi connectivity index (χ1v) is 8.80. The van der Waals surface area contributed by atoms with Gasteiger partial charge >= 0.3 is 0 Å². The molecule has 0 spiro atoms. The molecule has 0 N–H and O–H groups in total. The molecule has 2 aromatic rings. The number of fused-ring (bicyclic) bond motifs is 1. The Labute approximate surface area is 142 Å². The van der Waals surface area contributed by atoms with Gasteiger partial charge in [0.15, 0.2) is 0 Å². The Morgan fingerprint density at radius 2 is 1.75 bits per heavy atom. The normalized spacial score (nSPS) is 17.5. The number of amides is 1. The quantitative estimate of drug-likeness (QED) is 0.852. The van der Waals surface area contributed by atoms with Crippen LogP contribution in [0, 0.1) is 0 Å². The molecule has 1 saturated heterocycles. The maximum atomic E-state index is 12.8. The molecule has 0 bridgehead atoms. The Morgan fingerprint density at radius 3 is 2.58 bits per heavy atom. The van der Waals surface area contributed by atoms with Crippen LogP contribution in [0.3, 0.4) is 0 Å². The van der Waals surface area contributed by atoms with Crippen molar-refractivity contribution in [2.45, 2.75) is 32.1 Å². The fourth-order valence-electron chi connectivity index (χ4n) is 3.62. The predicted molar refractivity (Wildman–Crippen MR) is 93.6 cm³/mol. The first-order chi connectivity index (χ1) is 11.8. The summed E-state index contributed by atoms with van der Waals surface area (Å²) in [6, 6.07) is 10.2. The summed E-state index contributed by atoms with van der Waals surface area (Å²) in [4.78, 5) is 25.6. The van der Waals surface area contributed by atoms with Crippen LogP contribution in [0.25, 0.3) is 0 Å². The fraction of sp³-hybridized carbons (Fsp3) is 0.421. The summed E-state index contributed by atoms with van der Waals surface area (Å²) in [5.41, 5.74) is 3.02. The molecule has 0 radical (unpaired) electrons. The van der Waals surface area contributed by atoms with Crippen LogP contribution in [0.15, 0.2) is 36.7 Å². The van der Waals surface area contributed by atoms with Crippen molar-refractivity contribution in [3.63, 3.8) is 0 Å². The summed E-state index contributed by atoms with van der Waals surface area (Å²) >= 11 is 0. The molecule has 2 aliphatic heterocycles. The molecule has 124 valence electrons. The molecule has 24 heavy (non-hydrogen) atoms. The number of para-hydroxylation sites is 1. The standard InChI is InChI=1S/C19H22N4O/c24-19(22-10-5-1-2-6-11-22)16-13-18(21-14-20-16)23-12-9-15-7-3-4-8-17(15)23/h3-4,7-8,13-14H,1-2,5-6,9-12H2. The molecule has 1 fully saturated rings. The number of hydrogen-bond acceptors (Lipinski definition) is 4. The topological polar surface area (TPSA) is 49.3 Å². The second-order valence-corrected chi connectivity index (χ2v) is 6.50. The molecule has 0 unspecified atom stereocenters. The van der Waals surface area contributed by atoms with Crippen molar-refractivity contribution in [1.82, 2.24) is 14.9 Å². The second-order valence-electron chi connectivity index (χ2n) is 6.50. The number of hydrogen-bond donors (Lipinski definition) is 0. The largest absolute Gasteiger partial charge is 0.337 e. The van der Waals surface area contributed by atoms with Gasteiger partial charge in [-0.25, -0.2) is 9.97 Å². The molecule has 4 rings (SSSR count). The summed E-state index contributed by atoms with van der Waals surface area (Å²) in [5.74, 6) is 0.848. The van der Waals surface area contributed by atoms with Crippen LogP contribution in [0.4, 0.5) is 11.5 Å². The molecule has 3 heterocycles. The Balaban J connectivity index is 1.59. The van der Waals surface area contributed by atoms with Gasteiger partial charge < -0.3 is 9.80 Å². The lowest BCUT2D eigenvalue weighted by atomic mass is 10.2. The zero-order valence-electron chi connectivity index (χ0n) is 13.8. The molecule has 5 heteroatoms. The minimum atomic E-state index is 0.0352. The van der Waals surface area contributed by atoms with Crippen LogP contribution < -0.4 is 4.90 Å². The number of carbonyl (C=O) groups is 1. The van der Waals surface area contributed by atoms with E-state index < -0.39 is 0 Å². The third-order valence-electron chi connectivity index (χ3n) is 4.93. The highest BCUT2D eigenvalue weighted by Crippen LogP contribution is 2.33. The SMILES string of the molecule is O=C(c1cc(N2CCc3ccccc32)ncn1)N1CCCCCC1. The summed E-state index contributed by atoms with van der Waals surface area (Å²) in [6.45, 7) is 2.57. The third-order valence-corrected chi connectivity index (χ3v) is 4.93. The van der Waals surface area contributed by atoms with E-state index in [0.29, 0.717) is 5.69 Å². The van der Waals surface area contributed by atoms with E-state index in [1.807, 2.05) is 17.0 Å². The van der Waals surface area contributed by atoms with E-state index in [1.165, 1.54) is 30.4 Å². The Kier molecular flexibility index (Phi) is 4.15. The van der Waals surface area contributed by atoms with E-state index in [1.54, 1.807) is 0 Å². The predicted octanol–water partition coefficient (Wildman–Crippen LogP) is 3.19. The van der Waals surface area contributed by atoms with E-state index in [4.69, 9.17) is 0 Å². The van der Waals surface area contributed by atoms with Crippen LogP contribution in [0.1, 0.15) is 41.7 Å². The smallest absolute Gasteiger partial charge is 0.272 e. The van der Waals surface area contributed by atoms with Crippen molar-refractivity contribution in [2.24, 2.45) is 0 Å². The van der Waals surface area contributed by atoms with Gasteiger partial charge in [-0.1, -0.05) is 31.0 Å². The van der Waals surface area contributed by atoms with E-state index in [0.717, 1.165) is 44.7 Å². The number of benzene rings is 1. The Hall–Kier alpha value is -2.43. The second kappa shape index (κ2) is 6.59. The van der Waals surface area contributed by atoms with Crippen molar-refractivity contribution < 1.29 is 4.79 Å². The van der Waals surface area contributed by atoms with Crippen molar-refractivity contribution in [3.8, 4) is 0 Å². The number of rotatable bonds is 2. The third kappa shape index (κ3) is 2.86. The molecule has 1 aromatic carbocycles. The molecular weight excluding hydrogens is 300 g/mol. The van der Waals surface area contributed by atoms with Gasteiger partial charge in [-0.15, -0.1) is 0 Å². The first-order valence-electron chi connectivity index (χ1n) is 8.80. The molecule has 5 nitrogen and oxygen atoms in total. The average molecular weight is 322 g/mol. The zero-order chi connectivity index (χ0) is 16.4. The van der Waals surface area contributed by atoms with E-state index >= 15 is 0 Å². The first kappa shape index (κ1) is 15.1. The summed E-state index contributed by atoms with van der Waals surface area (Å²) in [7, 11) is 0. The van der Waals surface area contributed by atoms with Crippen LogP contribution in [-0.2, 0) is 6.42 Å². The lowest BCUT2D eigenvalue weighted by Crippen LogP contribution is -2.32. The number of anilines is 2. The van der Waals surface area contributed by atoms with Gasteiger partial charge in [0, 0.05) is 31.4 Å². The van der Waals surface area contributed by atoms with Crippen LogP contribution in [-0.4, -0.2) is 40.4 Å². The van der Waals surface area contributed by atoms with E-state index in [9.17, 15) is 4.79 Å². The fourth-order valence-corrected chi connectivity index (χ4v) is 3.62. The lowest BCUT2D eigenvalue weighted by molar-refractivity contribution is 0.0755. The van der Waals surface area contributed by atoms with Gasteiger partial charge in [0.05, 0.1) is 0 Å². The Morgan fingerprint density at radius 1 is 0.958 bits per heavy atom. The molecule has 2 aliphatic rings. The highest BCUT2D eigenvalue weighted by molar-refractivity contribution is 5.93. The van der Waals surface area contributed by atoms with Gasteiger partial charge in [-0.2, -0.15) is 0 Å². The van der Waals surface area contributed by atoms with Crippen molar-refractivity contribution in [1.29, 1.82) is 0 Å². The van der Waals surface area contributed by atoms with E-state index in [-0.39, 0.29) is 5.91 Å². The molecule has 1 aromatic heterocycles. The van der Waals surface area contributed by atoms with Crippen molar-refractivity contribution in [2.75, 3.05) is 24.5 Å². The minimum absolute atomic E-state index is 0.0352. The maximum Gasteiger partial charge on any atom is 0.272 e. The molecular formula is C19H22N4O. The zero-order valence-corrected chi connectivity index (χ0v) is 13.8. The molecule has 0 atom stereocenters. The number of aromatic nitrogens is 2. The average Bonchev–Trinajstić information content (AvgIpc) is 2.87. The minimum Gasteiger partial charge on any atom is -0.337 e. The van der Waals surface area contributed by atoms with Crippen molar-refractivity contribution >= 4 is 17.4 Å². The van der Waals surface area contributed by atoms with Gasteiger partial charge in [-0.05, 0) is 30.9 Å². The lowest BCUT2D eigenvalue weighted by Gasteiger charge is -2.21. The summed E-state index contributed by atoms with van der Waals surface area (Å²) in [6.07, 6.45) is 7.12. The molecule has 1 amide bonds. The van der Waals surface area contributed by atoms with Gasteiger partial charge in [0.25, 0.3) is 5.91 Å².